The largest absolute Gasteiger partial charge is 0.342 e. The molecule has 1 atom stereocenters. The molecule has 1 aliphatic carbocycles. The molecule has 3 N–H and O–H groups in total. The van der Waals surface area contributed by atoms with E-state index in [0.29, 0.717) is 24.8 Å². The lowest BCUT2D eigenvalue weighted by molar-refractivity contribution is -0.136. The first-order valence-corrected chi connectivity index (χ1v) is 7.70. The van der Waals surface area contributed by atoms with Gasteiger partial charge >= 0.3 is 0 Å². The van der Waals surface area contributed by atoms with Crippen LogP contribution >= 0.6 is 0 Å². The van der Waals surface area contributed by atoms with Crippen LogP contribution in [0.5, 0.6) is 0 Å². The third kappa shape index (κ3) is 2.59. The van der Waals surface area contributed by atoms with E-state index in [1.165, 1.54) is 6.42 Å². The van der Waals surface area contributed by atoms with Crippen molar-refractivity contribution in [3.8, 4) is 0 Å². The zero-order chi connectivity index (χ0) is 14.0. The molecule has 5 heteroatoms. The van der Waals surface area contributed by atoms with Crippen LogP contribution in [0.15, 0.2) is 12.3 Å². The molecule has 1 aromatic heterocycles. The van der Waals surface area contributed by atoms with Crippen molar-refractivity contribution in [3.63, 3.8) is 0 Å². The van der Waals surface area contributed by atoms with Gasteiger partial charge in [0.25, 0.3) is 0 Å². The molecule has 3 rings (SSSR count). The van der Waals surface area contributed by atoms with Crippen LogP contribution in [0.3, 0.4) is 0 Å². The first kappa shape index (κ1) is 13.6. The van der Waals surface area contributed by atoms with Gasteiger partial charge in [0.1, 0.15) is 0 Å². The first-order chi connectivity index (χ1) is 9.72. The molecule has 1 saturated heterocycles. The van der Waals surface area contributed by atoms with E-state index >= 15 is 0 Å². The number of rotatable bonds is 4. The van der Waals surface area contributed by atoms with Gasteiger partial charge in [0.15, 0.2) is 0 Å². The summed E-state index contributed by atoms with van der Waals surface area (Å²) in [5, 5.41) is 7.06. The van der Waals surface area contributed by atoms with Crippen LogP contribution in [0.25, 0.3) is 0 Å². The Morgan fingerprint density at radius 2 is 2.35 bits per heavy atom. The average molecular weight is 276 g/mol. The summed E-state index contributed by atoms with van der Waals surface area (Å²) < 4.78 is 0. The molecule has 20 heavy (non-hydrogen) atoms. The standard InChI is InChI=1S/C15H24N4O/c16-11-15(5-2-6-15)9-14(20)19-8-1-3-12(10-19)13-4-7-17-18-13/h4,7,12H,1-3,5-6,8-11,16H2,(H,17,18). The average Bonchev–Trinajstić information content (AvgIpc) is 2.97. The summed E-state index contributed by atoms with van der Waals surface area (Å²) in [7, 11) is 0. The van der Waals surface area contributed by atoms with Gasteiger partial charge in [-0.15, -0.1) is 0 Å². The molecular weight excluding hydrogens is 252 g/mol. The van der Waals surface area contributed by atoms with Gasteiger partial charge in [-0.05, 0) is 43.7 Å². The van der Waals surface area contributed by atoms with Crippen LogP contribution < -0.4 is 5.73 Å². The second-order valence-electron chi connectivity index (χ2n) is 6.43. The SMILES string of the molecule is NCC1(CC(=O)N2CCCC(c3ccn[nH]3)C2)CCC1. The highest BCUT2D eigenvalue weighted by Crippen LogP contribution is 2.43. The summed E-state index contributed by atoms with van der Waals surface area (Å²) in [6.07, 6.45) is 8.09. The summed E-state index contributed by atoms with van der Waals surface area (Å²) in [6.45, 7) is 2.36. The maximum absolute atomic E-state index is 12.5. The molecule has 2 heterocycles. The van der Waals surface area contributed by atoms with E-state index in [1.807, 2.05) is 11.0 Å². The van der Waals surface area contributed by atoms with Crippen molar-refractivity contribution in [1.29, 1.82) is 0 Å². The molecule has 2 aliphatic rings. The Morgan fingerprint density at radius 1 is 1.50 bits per heavy atom. The van der Waals surface area contributed by atoms with E-state index in [1.54, 1.807) is 6.20 Å². The minimum atomic E-state index is 0.109. The lowest BCUT2D eigenvalue weighted by Crippen LogP contribution is -2.45. The Hall–Kier alpha value is -1.36. The number of likely N-dealkylation sites (tertiary alicyclic amines) is 1. The highest BCUT2D eigenvalue weighted by Gasteiger charge is 2.39. The Kier molecular flexibility index (Phi) is 3.78. The third-order valence-corrected chi connectivity index (χ3v) is 5.11. The van der Waals surface area contributed by atoms with Gasteiger partial charge in [-0.3, -0.25) is 9.89 Å². The number of aromatic nitrogens is 2. The summed E-state index contributed by atoms with van der Waals surface area (Å²) in [5.74, 6) is 0.699. The smallest absolute Gasteiger partial charge is 0.223 e. The lowest BCUT2D eigenvalue weighted by atomic mass is 9.66. The van der Waals surface area contributed by atoms with Crippen LogP contribution in [0.1, 0.15) is 50.1 Å². The van der Waals surface area contributed by atoms with E-state index in [0.717, 1.165) is 44.5 Å². The predicted octanol–water partition coefficient (Wildman–Crippen LogP) is 1.63. The van der Waals surface area contributed by atoms with Crippen molar-refractivity contribution in [2.24, 2.45) is 11.1 Å². The van der Waals surface area contributed by atoms with Gasteiger partial charge in [0, 0.05) is 37.3 Å². The minimum absolute atomic E-state index is 0.109. The lowest BCUT2D eigenvalue weighted by Gasteiger charge is -2.42. The van der Waals surface area contributed by atoms with Crippen LogP contribution in [-0.2, 0) is 4.79 Å². The Bertz CT molecular complexity index is 447. The fourth-order valence-corrected chi connectivity index (χ4v) is 3.51. The molecule has 1 aromatic rings. The zero-order valence-corrected chi connectivity index (χ0v) is 12.0. The van der Waals surface area contributed by atoms with Crippen molar-refractivity contribution >= 4 is 5.91 Å². The summed E-state index contributed by atoms with van der Waals surface area (Å²) in [6, 6.07) is 2.02. The van der Waals surface area contributed by atoms with Gasteiger partial charge in [-0.25, -0.2) is 0 Å². The van der Waals surface area contributed by atoms with Crippen LogP contribution in [0.2, 0.25) is 0 Å². The molecule has 0 radical (unpaired) electrons. The van der Waals surface area contributed by atoms with Crippen molar-refractivity contribution in [2.45, 2.75) is 44.4 Å². The van der Waals surface area contributed by atoms with E-state index in [-0.39, 0.29) is 5.41 Å². The Labute approximate surface area is 119 Å². The molecule has 1 aliphatic heterocycles. The van der Waals surface area contributed by atoms with Crippen LogP contribution in [-0.4, -0.2) is 40.6 Å². The maximum Gasteiger partial charge on any atom is 0.223 e. The van der Waals surface area contributed by atoms with E-state index in [9.17, 15) is 4.79 Å². The molecule has 5 nitrogen and oxygen atoms in total. The zero-order valence-electron chi connectivity index (χ0n) is 12.0. The second-order valence-corrected chi connectivity index (χ2v) is 6.43. The summed E-state index contributed by atoms with van der Waals surface area (Å²) >= 11 is 0. The van der Waals surface area contributed by atoms with Gasteiger partial charge < -0.3 is 10.6 Å². The van der Waals surface area contributed by atoms with Gasteiger partial charge in [-0.2, -0.15) is 5.10 Å². The molecular formula is C15H24N4O. The number of H-pyrrole nitrogens is 1. The fourth-order valence-electron chi connectivity index (χ4n) is 3.51. The monoisotopic (exact) mass is 276 g/mol. The Balaban J connectivity index is 1.60. The number of amides is 1. The van der Waals surface area contributed by atoms with Crippen molar-refractivity contribution < 1.29 is 4.79 Å². The molecule has 1 unspecified atom stereocenters. The van der Waals surface area contributed by atoms with Crippen LogP contribution in [0.4, 0.5) is 0 Å². The number of hydrogen-bond acceptors (Lipinski definition) is 3. The molecule has 2 fully saturated rings. The molecule has 1 amide bonds. The fraction of sp³-hybridized carbons (Fsp3) is 0.733. The minimum Gasteiger partial charge on any atom is -0.342 e. The van der Waals surface area contributed by atoms with Crippen LogP contribution in [0, 0.1) is 5.41 Å². The first-order valence-electron chi connectivity index (χ1n) is 7.70. The second kappa shape index (κ2) is 5.56. The number of aromatic amines is 1. The van der Waals surface area contributed by atoms with E-state index in [2.05, 4.69) is 10.2 Å². The number of nitrogens with zero attached hydrogens (tertiary/aromatic N) is 2. The molecule has 0 spiro atoms. The number of piperidine rings is 1. The number of nitrogens with one attached hydrogen (secondary N) is 1. The number of carbonyl (C=O) groups excluding carboxylic acids is 1. The van der Waals surface area contributed by atoms with Gasteiger partial charge in [0.05, 0.1) is 0 Å². The normalized spacial score (nSPS) is 25.2. The molecule has 0 aromatic carbocycles. The Morgan fingerprint density at radius 3 is 2.95 bits per heavy atom. The van der Waals surface area contributed by atoms with Crippen molar-refractivity contribution in [3.05, 3.63) is 18.0 Å². The quantitative estimate of drug-likeness (QED) is 0.877. The summed E-state index contributed by atoms with van der Waals surface area (Å²) in [4.78, 5) is 14.6. The van der Waals surface area contributed by atoms with Crippen molar-refractivity contribution in [1.82, 2.24) is 15.1 Å². The summed E-state index contributed by atoms with van der Waals surface area (Å²) in [5.41, 5.74) is 7.13. The van der Waals surface area contributed by atoms with E-state index in [4.69, 9.17) is 5.73 Å². The molecule has 1 saturated carbocycles. The highest BCUT2D eigenvalue weighted by atomic mass is 16.2. The number of hydrogen-bond donors (Lipinski definition) is 2. The van der Waals surface area contributed by atoms with Gasteiger partial charge in [-0.1, -0.05) is 6.42 Å². The molecule has 0 bridgehead atoms. The van der Waals surface area contributed by atoms with Gasteiger partial charge in [0.2, 0.25) is 5.91 Å². The number of carbonyl (C=O) groups is 1. The predicted molar refractivity (Wildman–Crippen MR) is 77.1 cm³/mol. The maximum atomic E-state index is 12.5. The van der Waals surface area contributed by atoms with E-state index < -0.39 is 0 Å². The topological polar surface area (TPSA) is 75.0 Å². The molecule has 110 valence electrons. The van der Waals surface area contributed by atoms with Crippen molar-refractivity contribution in [2.75, 3.05) is 19.6 Å². The highest BCUT2D eigenvalue weighted by molar-refractivity contribution is 5.77. The third-order valence-electron chi connectivity index (χ3n) is 5.11. The number of nitrogens with two attached hydrogens (primary N) is 1.